The van der Waals surface area contributed by atoms with Crippen LogP contribution in [0.1, 0.15) is 19.4 Å². The van der Waals surface area contributed by atoms with Crippen LogP contribution in [-0.2, 0) is 9.53 Å². The topological polar surface area (TPSA) is 59.3 Å². The van der Waals surface area contributed by atoms with Crippen LogP contribution in [0.5, 0.6) is 5.75 Å². The highest BCUT2D eigenvalue weighted by atomic mass is 16.5. The molecule has 0 N–H and O–H groups in total. The van der Waals surface area contributed by atoms with Gasteiger partial charge in [0.2, 0.25) is 0 Å². The van der Waals surface area contributed by atoms with E-state index in [-0.39, 0.29) is 18.3 Å². The first-order chi connectivity index (χ1) is 9.56. The van der Waals surface area contributed by atoms with E-state index in [9.17, 15) is 4.79 Å². The van der Waals surface area contributed by atoms with E-state index in [1.807, 2.05) is 19.9 Å². The number of benzene rings is 1. The molecule has 0 unspecified atom stereocenters. The summed E-state index contributed by atoms with van der Waals surface area (Å²) in [5.74, 6) is 0.0831. The summed E-state index contributed by atoms with van der Waals surface area (Å²) in [6.45, 7) is 7.41. The summed E-state index contributed by atoms with van der Waals surface area (Å²) in [5.41, 5.74) is 0.678. The van der Waals surface area contributed by atoms with Crippen molar-refractivity contribution in [2.75, 3.05) is 6.61 Å². The van der Waals surface area contributed by atoms with Gasteiger partial charge in [0.25, 0.3) is 0 Å². The molecule has 0 saturated heterocycles. The minimum absolute atomic E-state index is 0.0515. The zero-order valence-electron chi connectivity index (χ0n) is 11.6. The van der Waals surface area contributed by atoms with Crippen LogP contribution in [0.2, 0.25) is 0 Å². The van der Waals surface area contributed by atoms with Crippen molar-refractivity contribution in [1.82, 2.24) is 0 Å². The van der Waals surface area contributed by atoms with Crippen molar-refractivity contribution in [2.45, 2.75) is 20.0 Å². The molecule has 0 amide bonds. The maximum atomic E-state index is 11.6. The summed E-state index contributed by atoms with van der Waals surface area (Å²) in [4.78, 5) is 11.6. The van der Waals surface area contributed by atoms with Gasteiger partial charge in [-0.2, -0.15) is 5.26 Å². The van der Waals surface area contributed by atoms with Gasteiger partial charge in [-0.1, -0.05) is 24.8 Å². The third kappa shape index (κ3) is 4.99. The number of ether oxygens (including phenoxy) is 2. The Balaban J connectivity index is 2.83. The molecule has 1 rings (SSSR count). The van der Waals surface area contributed by atoms with Gasteiger partial charge in [0.05, 0.1) is 6.10 Å². The second kappa shape index (κ2) is 7.80. The van der Waals surface area contributed by atoms with E-state index in [1.165, 1.54) is 12.2 Å². The van der Waals surface area contributed by atoms with Crippen molar-refractivity contribution in [3.05, 3.63) is 48.1 Å². The highest BCUT2D eigenvalue weighted by Crippen LogP contribution is 2.16. The number of hydrogen-bond acceptors (Lipinski definition) is 4. The molecule has 0 spiro atoms. The Kier molecular flexibility index (Phi) is 6.05. The first-order valence-corrected chi connectivity index (χ1v) is 6.23. The van der Waals surface area contributed by atoms with Gasteiger partial charge in [-0.25, -0.2) is 4.79 Å². The maximum absolute atomic E-state index is 11.6. The molecule has 4 heteroatoms. The lowest BCUT2D eigenvalue weighted by Crippen LogP contribution is -2.06. The molecule has 0 aliphatic carbocycles. The zero-order valence-corrected chi connectivity index (χ0v) is 11.6. The largest absolute Gasteiger partial charge is 0.491 e. The van der Waals surface area contributed by atoms with Crippen LogP contribution in [0.3, 0.4) is 0 Å². The van der Waals surface area contributed by atoms with Crippen molar-refractivity contribution in [3.63, 3.8) is 0 Å². The number of hydrogen-bond donors (Lipinski definition) is 0. The molecule has 20 heavy (non-hydrogen) atoms. The summed E-state index contributed by atoms with van der Waals surface area (Å²) in [7, 11) is 0. The van der Waals surface area contributed by atoms with Crippen LogP contribution >= 0.6 is 0 Å². The van der Waals surface area contributed by atoms with Gasteiger partial charge >= 0.3 is 5.97 Å². The van der Waals surface area contributed by atoms with Gasteiger partial charge in [0.15, 0.2) is 0 Å². The maximum Gasteiger partial charge on any atom is 0.349 e. The number of rotatable bonds is 6. The van der Waals surface area contributed by atoms with Gasteiger partial charge in [-0.3, -0.25) is 0 Å². The second-order valence-electron chi connectivity index (χ2n) is 4.29. The standard InChI is InChI=1S/C16H17NO3/c1-4-9-19-16(18)14(11-17)10-13-5-7-15(8-6-13)20-12(2)3/h4-8,10,12H,1,9H2,2-3H3. The number of carbonyl (C=O) groups excluding carboxylic acids is 1. The molecule has 0 aliphatic heterocycles. The molecule has 4 nitrogen and oxygen atoms in total. The van der Waals surface area contributed by atoms with E-state index in [4.69, 9.17) is 14.7 Å². The van der Waals surface area contributed by atoms with Crippen molar-refractivity contribution in [2.24, 2.45) is 0 Å². The summed E-state index contributed by atoms with van der Waals surface area (Å²) in [6.07, 6.45) is 3.02. The second-order valence-corrected chi connectivity index (χ2v) is 4.29. The molecule has 1 aromatic rings. The lowest BCUT2D eigenvalue weighted by Gasteiger charge is -2.09. The monoisotopic (exact) mass is 271 g/mol. The predicted molar refractivity (Wildman–Crippen MR) is 77.0 cm³/mol. The Morgan fingerprint density at radius 1 is 1.40 bits per heavy atom. The van der Waals surface area contributed by atoms with E-state index >= 15 is 0 Å². The molecular weight excluding hydrogens is 254 g/mol. The van der Waals surface area contributed by atoms with Crippen LogP contribution in [0.25, 0.3) is 6.08 Å². The van der Waals surface area contributed by atoms with Crippen molar-refractivity contribution < 1.29 is 14.3 Å². The van der Waals surface area contributed by atoms with E-state index in [0.29, 0.717) is 0 Å². The lowest BCUT2D eigenvalue weighted by atomic mass is 10.1. The Labute approximate surface area is 118 Å². The van der Waals surface area contributed by atoms with Gasteiger partial charge in [-0.15, -0.1) is 0 Å². The average Bonchev–Trinajstić information content (AvgIpc) is 2.43. The predicted octanol–water partition coefficient (Wildman–Crippen LogP) is 3.11. The number of esters is 1. The third-order valence-corrected chi connectivity index (χ3v) is 2.24. The molecule has 0 aromatic heterocycles. The third-order valence-electron chi connectivity index (χ3n) is 2.24. The van der Waals surface area contributed by atoms with Crippen molar-refractivity contribution in [1.29, 1.82) is 5.26 Å². The summed E-state index contributed by atoms with van der Waals surface area (Å²) in [6, 6.07) is 8.95. The van der Waals surface area contributed by atoms with Crippen LogP contribution in [-0.4, -0.2) is 18.7 Å². The van der Waals surface area contributed by atoms with Crippen LogP contribution in [0, 0.1) is 11.3 Å². The molecular formula is C16H17NO3. The molecule has 0 fully saturated rings. The fraction of sp³-hybridized carbons (Fsp3) is 0.250. The molecule has 0 radical (unpaired) electrons. The van der Waals surface area contributed by atoms with E-state index in [2.05, 4.69) is 6.58 Å². The number of nitriles is 1. The summed E-state index contributed by atoms with van der Waals surface area (Å²) >= 11 is 0. The Morgan fingerprint density at radius 2 is 2.05 bits per heavy atom. The molecule has 0 saturated carbocycles. The molecule has 0 atom stereocenters. The van der Waals surface area contributed by atoms with Gasteiger partial charge in [0.1, 0.15) is 24.0 Å². The average molecular weight is 271 g/mol. The van der Waals surface area contributed by atoms with Gasteiger partial charge in [-0.05, 0) is 37.6 Å². The highest BCUT2D eigenvalue weighted by molar-refractivity contribution is 5.97. The van der Waals surface area contributed by atoms with Crippen molar-refractivity contribution in [3.8, 4) is 11.8 Å². The minimum atomic E-state index is -0.657. The number of carbonyl (C=O) groups is 1. The molecule has 0 heterocycles. The fourth-order valence-electron chi connectivity index (χ4n) is 1.43. The smallest absolute Gasteiger partial charge is 0.349 e. The molecule has 104 valence electrons. The lowest BCUT2D eigenvalue weighted by molar-refractivity contribution is -0.137. The van der Waals surface area contributed by atoms with Crippen LogP contribution < -0.4 is 4.74 Å². The van der Waals surface area contributed by atoms with Crippen LogP contribution in [0.15, 0.2) is 42.5 Å². The summed E-state index contributed by atoms with van der Waals surface area (Å²) < 4.78 is 10.3. The molecule has 1 aromatic carbocycles. The molecule has 0 bridgehead atoms. The first kappa shape index (κ1) is 15.5. The SMILES string of the molecule is C=CCOC(=O)C(C#N)=Cc1ccc(OC(C)C)cc1. The van der Waals surface area contributed by atoms with Gasteiger partial charge < -0.3 is 9.47 Å². The van der Waals surface area contributed by atoms with Gasteiger partial charge in [0, 0.05) is 0 Å². The van der Waals surface area contributed by atoms with Crippen molar-refractivity contribution >= 4 is 12.0 Å². The van der Waals surface area contributed by atoms with Crippen LogP contribution in [0.4, 0.5) is 0 Å². The highest BCUT2D eigenvalue weighted by Gasteiger charge is 2.09. The fourth-order valence-corrected chi connectivity index (χ4v) is 1.43. The number of nitrogens with zero attached hydrogens (tertiary/aromatic N) is 1. The molecule has 0 aliphatic rings. The quantitative estimate of drug-likeness (QED) is 0.345. The Bertz CT molecular complexity index is 536. The summed E-state index contributed by atoms with van der Waals surface area (Å²) in [5, 5.41) is 8.96. The zero-order chi connectivity index (χ0) is 15.0. The van der Waals surface area contributed by atoms with E-state index < -0.39 is 5.97 Å². The first-order valence-electron chi connectivity index (χ1n) is 6.23. The normalized spacial score (nSPS) is 10.8. The minimum Gasteiger partial charge on any atom is -0.491 e. The van der Waals surface area contributed by atoms with E-state index in [1.54, 1.807) is 24.3 Å². The van der Waals surface area contributed by atoms with E-state index in [0.717, 1.165) is 11.3 Å². The Morgan fingerprint density at radius 3 is 2.55 bits per heavy atom. The Hall–Kier alpha value is -2.54.